The fourth-order valence-corrected chi connectivity index (χ4v) is 3.35. The van der Waals surface area contributed by atoms with Gasteiger partial charge in [0.1, 0.15) is 0 Å². The summed E-state index contributed by atoms with van der Waals surface area (Å²) in [5.74, 6) is -0.301. The van der Waals surface area contributed by atoms with Crippen LogP contribution in [0.3, 0.4) is 0 Å². The van der Waals surface area contributed by atoms with Crippen LogP contribution < -0.4 is 15.6 Å². The maximum absolute atomic E-state index is 13.2. The molecule has 0 saturated carbocycles. The van der Waals surface area contributed by atoms with Crippen LogP contribution in [0.15, 0.2) is 41.3 Å². The van der Waals surface area contributed by atoms with Crippen LogP contribution in [-0.2, 0) is 17.9 Å². The standard InChI is InChI=1S/C22H28ClN3O3/c1-22(2,3)21(28)29-19-17(15-25-11-8-24-9-12-25)7-10-26(20(19)27)14-16-5-4-6-18(23)13-16/h4-7,10,13,24H,8-9,11-12,14-15H2,1-3H3. The predicted octanol–water partition coefficient (Wildman–Crippen LogP) is 2.91. The molecule has 1 aromatic carbocycles. The molecule has 156 valence electrons. The Hall–Kier alpha value is -2.15. The third-order valence-corrected chi connectivity index (χ3v) is 5.09. The number of hydrogen-bond donors (Lipinski definition) is 1. The maximum Gasteiger partial charge on any atom is 0.316 e. The Labute approximate surface area is 176 Å². The van der Waals surface area contributed by atoms with E-state index in [1.807, 2.05) is 24.3 Å². The summed E-state index contributed by atoms with van der Waals surface area (Å²) >= 11 is 6.07. The van der Waals surface area contributed by atoms with E-state index in [-0.39, 0.29) is 11.3 Å². The second-order valence-corrected chi connectivity index (χ2v) is 8.84. The van der Waals surface area contributed by atoms with Crippen LogP contribution in [0.2, 0.25) is 5.02 Å². The molecular formula is C22H28ClN3O3. The number of esters is 1. The largest absolute Gasteiger partial charge is 0.420 e. The van der Waals surface area contributed by atoms with Crippen molar-refractivity contribution >= 4 is 17.6 Å². The zero-order valence-corrected chi connectivity index (χ0v) is 18.0. The number of nitrogens with zero attached hydrogens (tertiary/aromatic N) is 2. The third-order valence-electron chi connectivity index (χ3n) is 4.86. The molecule has 0 aliphatic carbocycles. The van der Waals surface area contributed by atoms with Crippen molar-refractivity contribution in [2.24, 2.45) is 5.41 Å². The Morgan fingerprint density at radius 1 is 1.17 bits per heavy atom. The zero-order valence-electron chi connectivity index (χ0n) is 17.2. The van der Waals surface area contributed by atoms with Gasteiger partial charge in [0.2, 0.25) is 5.75 Å². The summed E-state index contributed by atoms with van der Waals surface area (Å²) in [5.41, 5.74) is 0.626. The lowest BCUT2D eigenvalue weighted by Gasteiger charge is -2.28. The van der Waals surface area contributed by atoms with Crippen molar-refractivity contribution in [3.63, 3.8) is 0 Å². The van der Waals surface area contributed by atoms with Gasteiger partial charge in [-0.15, -0.1) is 0 Å². The second-order valence-electron chi connectivity index (χ2n) is 8.40. The monoisotopic (exact) mass is 417 g/mol. The number of benzene rings is 1. The van der Waals surface area contributed by atoms with E-state index in [4.69, 9.17) is 16.3 Å². The average molecular weight is 418 g/mol. The molecule has 1 aliphatic rings. The summed E-state index contributed by atoms with van der Waals surface area (Å²) in [7, 11) is 0. The first kappa shape index (κ1) is 21.6. The van der Waals surface area contributed by atoms with E-state index in [0.29, 0.717) is 18.1 Å². The van der Waals surface area contributed by atoms with Crippen LogP contribution in [0.5, 0.6) is 5.75 Å². The highest BCUT2D eigenvalue weighted by Crippen LogP contribution is 2.22. The Bertz CT molecular complexity index is 928. The van der Waals surface area contributed by atoms with Crippen LogP contribution >= 0.6 is 11.6 Å². The highest BCUT2D eigenvalue weighted by molar-refractivity contribution is 6.30. The van der Waals surface area contributed by atoms with Gasteiger partial charge in [-0.1, -0.05) is 23.7 Å². The SMILES string of the molecule is CC(C)(C)C(=O)Oc1c(CN2CCNCC2)ccn(Cc2cccc(Cl)c2)c1=O. The Balaban J connectivity index is 1.94. The van der Waals surface area contributed by atoms with Gasteiger partial charge in [-0.05, 0) is 44.5 Å². The number of nitrogens with one attached hydrogen (secondary N) is 1. The quantitative estimate of drug-likeness (QED) is 0.758. The van der Waals surface area contributed by atoms with Crippen LogP contribution in [0, 0.1) is 5.41 Å². The average Bonchev–Trinajstić information content (AvgIpc) is 2.67. The summed E-state index contributed by atoms with van der Waals surface area (Å²) in [6.07, 6.45) is 1.76. The first-order valence-electron chi connectivity index (χ1n) is 9.86. The first-order chi connectivity index (χ1) is 13.7. The molecule has 2 heterocycles. The normalized spacial score (nSPS) is 15.3. The van der Waals surface area contributed by atoms with Crippen molar-refractivity contribution < 1.29 is 9.53 Å². The third kappa shape index (κ3) is 5.69. The summed E-state index contributed by atoms with van der Waals surface area (Å²) < 4.78 is 7.20. The minimum Gasteiger partial charge on any atom is -0.420 e. The number of piperazine rings is 1. The maximum atomic E-state index is 13.2. The minimum atomic E-state index is -0.702. The number of ether oxygens (including phenoxy) is 1. The molecule has 6 nitrogen and oxygen atoms in total. The van der Waals surface area contributed by atoms with E-state index in [0.717, 1.165) is 37.3 Å². The van der Waals surface area contributed by atoms with Crippen molar-refractivity contribution in [1.29, 1.82) is 0 Å². The highest BCUT2D eigenvalue weighted by atomic mass is 35.5. The fourth-order valence-electron chi connectivity index (χ4n) is 3.14. The number of halogens is 1. The van der Waals surface area contributed by atoms with Gasteiger partial charge in [0.05, 0.1) is 12.0 Å². The van der Waals surface area contributed by atoms with Gasteiger partial charge in [0.15, 0.2) is 0 Å². The Morgan fingerprint density at radius 3 is 2.55 bits per heavy atom. The van der Waals surface area contributed by atoms with E-state index in [9.17, 15) is 9.59 Å². The van der Waals surface area contributed by atoms with Crippen LogP contribution in [0.4, 0.5) is 0 Å². The molecule has 0 atom stereocenters. The Morgan fingerprint density at radius 2 is 1.90 bits per heavy atom. The van der Waals surface area contributed by atoms with E-state index in [1.165, 1.54) is 0 Å². The number of aromatic nitrogens is 1. The van der Waals surface area contributed by atoms with Crippen LogP contribution in [0.1, 0.15) is 31.9 Å². The van der Waals surface area contributed by atoms with E-state index < -0.39 is 11.4 Å². The molecule has 1 N–H and O–H groups in total. The van der Waals surface area contributed by atoms with Gasteiger partial charge in [-0.25, -0.2) is 0 Å². The number of hydrogen-bond acceptors (Lipinski definition) is 5. The van der Waals surface area contributed by atoms with Crippen LogP contribution in [-0.4, -0.2) is 41.6 Å². The minimum absolute atomic E-state index is 0.119. The van der Waals surface area contributed by atoms with Crippen LogP contribution in [0.25, 0.3) is 0 Å². The Kier molecular flexibility index (Phi) is 6.77. The molecule has 29 heavy (non-hydrogen) atoms. The van der Waals surface area contributed by atoms with Crippen molar-refractivity contribution in [1.82, 2.24) is 14.8 Å². The van der Waals surface area contributed by atoms with Crippen molar-refractivity contribution in [2.45, 2.75) is 33.9 Å². The molecule has 2 aromatic rings. The molecule has 0 bridgehead atoms. The molecule has 7 heteroatoms. The molecule has 1 aliphatic heterocycles. The van der Waals surface area contributed by atoms with E-state index in [2.05, 4.69) is 10.2 Å². The molecule has 3 rings (SSSR count). The molecule has 0 spiro atoms. The van der Waals surface area contributed by atoms with Crippen molar-refractivity contribution in [3.8, 4) is 5.75 Å². The molecule has 1 fully saturated rings. The smallest absolute Gasteiger partial charge is 0.316 e. The lowest BCUT2D eigenvalue weighted by Crippen LogP contribution is -2.43. The lowest BCUT2D eigenvalue weighted by atomic mass is 9.97. The van der Waals surface area contributed by atoms with Gasteiger partial charge in [0.25, 0.3) is 5.56 Å². The highest BCUT2D eigenvalue weighted by Gasteiger charge is 2.27. The summed E-state index contributed by atoms with van der Waals surface area (Å²) in [6.45, 7) is 9.84. The number of rotatable bonds is 5. The summed E-state index contributed by atoms with van der Waals surface area (Å²) in [5, 5.41) is 3.93. The number of carbonyl (C=O) groups is 1. The summed E-state index contributed by atoms with van der Waals surface area (Å²) in [6, 6.07) is 9.25. The number of carbonyl (C=O) groups excluding carboxylic acids is 1. The summed E-state index contributed by atoms with van der Waals surface area (Å²) in [4.78, 5) is 28.0. The molecule has 0 amide bonds. The van der Waals surface area contributed by atoms with E-state index >= 15 is 0 Å². The zero-order chi connectivity index (χ0) is 21.0. The van der Waals surface area contributed by atoms with Gasteiger partial charge >= 0.3 is 5.97 Å². The first-order valence-corrected chi connectivity index (χ1v) is 10.2. The van der Waals surface area contributed by atoms with Crippen molar-refractivity contribution in [2.75, 3.05) is 26.2 Å². The van der Waals surface area contributed by atoms with Gasteiger partial charge < -0.3 is 14.6 Å². The second kappa shape index (κ2) is 9.11. The lowest BCUT2D eigenvalue weighted by molar-refractivity contribution is -0.143. The fraction of sp³-hybridized carbons (Fsp3) is 0.455. The predicted molar refractivity (Wildman–Crippen MR) is 114 cm³/mol. The molecule has 0 radical (unpaired) electrons. The van der Waals surface area contributed by atoms with Gasteiger partial charge in [-0.3, -0.25) is 14.5 Å². The van der Waals surface area contributed by atoms with E-state index in [1.54, 1.807) is 37.6 Å². The molecule has 1 saturated heterocycles. The number of pyridine rings is 1. The molecular weight excluding hydrogens is 390 g/mol. The van der Waals surface area contributed by atoms with Crippen molar-refractivity contribution in [3.05, 3.63) is 63.0 Å². The molecule has 1 aromatic heterocycles. The van der Waals surface area contributed by atoms with Gasteiger partial charge in [-0.2, -0.15) is 0 Å². The molecule has 0 unspecified atom stereocenters. The topological polar surface area (TPSA) is 63.6 Å². The van der Waals surface area contributed by atoms with Gasteiger partial charge in [0, 0.05) is 49.5 Å².